The zero-order valence-corrected chi connectivity index (χ0v) is 12.5. The minimum absolute atomic E-state index is 0.719. The summed E-state index contributed by atoms with van der Waals surface area (Å²) >= 11 is 0. The summed E-state index contributed by atoms with van der Waals surface area (Å²) in [6, 6.07) is 0. The van der Waals surface area contributed by atoms with Crippen LogP contribution in [0.2, 0.25) is 0 Å². The molecule has 1 saturated carbocycles. The van der Waals surface area contributed by atoms with Crippen molar-refractivity contribution in [3.63, 3.8) is 0 Å². The third-order valence-electron chi connectivity index (χ3n) is 3.93. The molecule has 0 radical (unpaired) electrons. The van der Waals surface area contributed by atoms with Crippen molar-refractivity contribution >= 4 is 0 Å². The van der Waals surface area contributed by atoms with Gasteiger partial charge in [-0.25, -0.2) is 0 Å². The minimum Gasteiger partial charge on any atom is -0.378 e. The predicted molar refractivity (Wildman–Crippen MR) is 77.3 cm³/mol. The van der Waals surface area contributed by atoms with Crippen molar-refractivity contribution in [2.24, 2.45) is 11.8 Å². The van der Waals surface area contributed by atoms with E-state index < -0.39 is 5.60 Å². The van der Waals surface area contributed by atoms with Gasteiger partial charge >= 0.3 is 0 Å². The van der Waals surface area contributed by atoms with Gasteiger partial charge in [-0.2, -0.15) is 0 Å². The fraction of sp³-hybridized carbons (Fsp3) is 0.875. The molecule has 0 aromatic heterocycles. The molecular formula is C16H29NO. The van der Waals surface area contributed by atoms with Crippen LogP contribution < -0.4 is 0 Å². The highest BCUT2D eigenvalue weighted by Gasteiger charge is 2.22. The fourth-order valence-electron chi connectivity index (χ4n) is 2.55. The topological polar surface area (TPSA) is 23.5 Å². The third-order valence-corrected chi connectivity index (χ3v) is 3.93. The maximum absolute atomic E-state index is 10.2. The summed E-state index contributed by atoms with van der Waals surface area (Å²) in [6.07, 6.45) is 7.33. The average molecular weight is 251 g/mol. The third kappa shape index (κ3) is 6.42. The van der Waals surface area contributed by atoms with Gasteiger partial charge in [-0.1, -0.05) is 44.4 Å². The van der Waals surface area contributed by atoms with E-state index in [0.717, 1.165) is 31.2 Å². The van der Waals surface area contributed by atoms with Crippen LogP contribution in [-0.4, -0.2) is 36.2 Å². The Bertz CT molecular complexity index is 290. The van der Waals surface area contributed by atoms with Crippen molar-refractivity contribution in [2.45, 2.75) is 58.0 Å². The van der Waals surface area contributed by atoms with Gasteiger partial charge in [0.1, 0.15) is 5.60 Å². The summed E-state index contributed by atoms with van der Waals surface area (Å²) in [5, 5.41) is 10.2. The van der Waals surface area contributed by atoms with Crippen LogP contribution in [0, 0.1) is 23.7 Å². The number of nitrogens with zero attached hydrogens (tertiary/aromatic N) is 1. The summed E-state index contributed by atoms with van der Waals surface area (Å²) in [5.74, 6) is 7.76. The molecule has 0 saturated heterocycles. The smallest absolute Gasteiger partial charge is 0.122 e. The lowest BCUT2D eigenvalue weighted by Crippen LogP contribution is -2.24. The van der Waals surface area contributed by atoms with E-state index in [9.17, 15) is 5.11 Å². The van der Waals surface area contributed by atoms with E-state index in [1.54, 1.807) is 0 Å². The van der Waals surface area contributed by atoms with Crippen molar-refractivity contribution in [3.05, 3.63) is 0 Å². The lowest BCUT2D eigenvalue weighted by molar-refractivity contribution is 0.0983. The lowest BCUT2D eigenvalue weighted by atomic mass is 9.79. The Morgan fingerprint density at radius 3 is 2.39 bits per heavy atom. The van der Waals surface area contributed by atoms with Gasteiger partial charge in [0.15, 0.2) is 0 Å². The van der Waals surface area contributed by atoms with Gasteiger partial charge in [0, 0.05) is 0 Å². The van der Waals surface area contributed by atoms with Gasteiger partial charge in [0.2, 0.25) is 0 Å². The Hall–Kier alpha value is -0.520. The quantitative estimate of drug-likeness (QED) is 0.777. The first-order chi connectivity index (χ1) is 8.39. The Morgan fingerprint density at radius 1 is 1.22 bits per heavy atom. The second kappa shape index (κ2) is 7.16. The predicted octanol–water partition coefficient (Wildman–Crippen LogP) is 2.91. The van der Waals surface area contributed by atoms with Gasteiger partial charge in [-0.15, -0.1) is 0 Å². The summed E-state index contributed by atoms with van der Waals surface area (Å²) in [5.41, 5.74) is -0.806. The summed E-state index contributed by atoms with van der Waals surface area (Å²) in [6.45, 7) is 4.91. The molecule has 2 heteroatoms. The second-order valence-electron chi connectivity index (χ2n) is 6.48. The molecule has 1 atom stereocenters. The molecule has 1 aliphatic rings. The van der Waals surface area contributed by atoms with Crippen molar-refractivity contribution in [1.29, 1.82) is 0 Å². The zero-order valence-electron chi connectivity index (χ0n) is 12.5. The summed E-state index contributed by atoms with van der Waals surface area (Å²) in [4.78, 5) is 2.02. The first kappa shape index (κ1) is 15.5. The van der Waals surface area contributed by atoms with Crippen LogP contribution >= 0.6 is 0 Å². The van der Waals surface area contributed by atoms with Gasteiger partial charge in [0.05, 0.1) is 6.54 Å². The molecule has 1 N–H and O–H groups in total. The number of rotatable bonds is 4. The van der Waals surface area contributed by atoms with Gasteiger partial charge in [0.25, 0.3) is 0 Å². The molecule has 1 fully saturated rings. The average Bonchev–Trinajstić information content (AvgIpc) is 2.27. The summed E-state index contributed by atoms with van der Waals surface area (Å²) in [7, 11) is 3.99. The molecule has 0 spiro atoms. The van der Waals surface area contributed by atoms with Crippen LogP contribution in [0.3, 0.4) is 0 Å². The van der Waals surface area contributed by atoms with Crippen LogP contribution in [0.1, 0.15) is 52.4 Å². The Labute approximate surface area is 113 Å². The highest BCUT2D eigenvalue weighted by molar-refractivity contribution is 5.12. The highest BCUT2D eigenvalue weighted by atomic mass is 16.3. The Kier molecular flexibility index (Phi) is 6.18. The molecule has 0 aliphatic heterocycles. The Morgan fingerprint density at radius 2 is 1.83 bits per heavy atom. The standard InChI is InChI=1S/C16H29NO/c1-14-6-8-15(9-7-14)10-12-16(2,18)11-5-13-17(3)4/h14-15,18H,6-10,12-13H2,1-4H3. The van der Waals surface area contributed by atoms with Crippen molar-refractivity contribution in [3.8, 4) is 11.8 Å². The van der Waals surface area contributed by atoms with Crippen LogP contribution in [-0.2, 0) is 0 Å². The van der Waals surface area contributed by atoms with Gasteiger partial charge < -0.3 is 5.11 Å². The molecule has 0 amide bonds. The first-order valence-corrected chi connectivity index (χ1v) is 7.26. The summed E-state index contributed by atoms with van der Waals surface area (Å²) < 4.78 is 0. The van der Waals surface area contributed by atoms with Gasteiger partial charge in [-0.05, 0) is 45.7 Å². The van der Waals surface area contributed by atoms with Crippen molar-refractivity contribution < 1.29 is 5.11 Å². The highest BCUT2D eigenvalue weighted by Crippen LogP contribution is 2.32. The molecule has 0 aromatic carbocycles. The maximum atomic E-state index is 10.2. The van der Waals surface area contributed by atoms with Crippen molar-refractivity contribution in [2.75, 3.05) is 20.6 Å². The Balaban J connectivity index is 2.29. The first-order valence-electron chi connectivity index (χ1n) is 7.26. The van der Waals surface area contributed by atoms with E-state index in [4.69, 9.17) is 0 Å². The molecule has 0 bridgehead atoms. The molecule has 0 heterocycles. The lowest BCUT2D eigenvalue weighted by Gasteiger charge is -2.28. The van der Waals surface area contributed by atoms with Crippen LogP contribution in [0.4, 0.5) is 0 Å². The SMILES string of the molecule is CC1CCC(CCC(C)(O)C#CCN(C)C)CC1. The molecule has 0 aromatic rings. The van der Waals surface area contributed by atoms with Crippen LogP contribution in [0.15, 0.2) is 0 Å². The number of hydrogen-bond donors (Lipinski definition) is 1. The van der Waals surface area contributed by atoms with E-state index in [2.05, 4.69) is 18.8 Å². The molecule has 104 valence electrons. The van der Waals surface area contributed by atoms with Crippen molar-refractivity contribution in [1.82, 2.24) is 4.90 Å². The van der Waals surface area contributed by atoms with E-state index in [0.29, 0.717) is 0 Å². The van der Waals surface area contributed by atoms with E-state index in [-0.39, 0.29) is 0 Å². The van der Waals surface area contributed by atoms with Gasteiger partial charge in [-0.3, -0.25) is 4.90 Å². The van der Waals surface area contributed by atoms with E-state index >= 15 is 0 Å². The molecule has 1 aliphatic carbocycles. The maximum Gasteiger partial charge on any atom is 0.122 e. The van der Waals surface area contributed by atoms with E-state index in [1.165, 1.54) is 25.7 Å². The largest absolute Gasteiger partial charge is 0.378 e. The number of aliphatic hydroxyl groups is 1. The van der Waals surface area contributed by atoms with Crippen LogP contribution in [0.5, 0.6) is 0 Å². The molecule has 18 heavy (non-hydrogen) atoms. The van der Waals surface area contributed by atoms with Crippen LogP contribution in [0.25, 0.3) is 0 Å². The normalized spacial score (nSPS) is 27.4. The molecule has 2 nitrogen and oxygen atoms in total. The minimum atomic E-state index is -0.806. The fourth-order valence-corrected chi connectivity index (χ4v) is 2.55. The monoisotopic (exact) mass is 251 g/mol. The number of hydrogen-bond acceptors (Lipinski definition) is 2. The second-order valence-corrected chi connectivity index (χ2v) is 6.48. The molecule has 1 unspecified atom stereocenters. The zero-order chi connectivity index (χ0) is 13.6. The molecular weight excluding hydrogens is 222 g/mol. The molecule has 1 rings (SSSR count). The van der Waals surface area contributed by atoms with E-state index in [1.807, 2.05) is 25.9 Å².